The molecule has 0 aliphatic carbocycles. The highest BCUT2D eigenvalue weighted by molar-refractivity contribution is 5.88. The van der Waals surface area contributed by atoms with E-state index in [2.05, 4.69) is 0 Å². The summed E-state index contributed by atoms with van der Waals surface area (Å²) in [6, 6.07) is 5.73. The van der Waals surface area contributed by atoms with Crippen LogP contribution in [-0.4, -0.2) is 67.3 Å². The number of carbonyl (C=O) groups is 1. The van der Waals surface area contributed by atoms with Gasteiger partial charge in [-0.05, 0) is 31.5 Å². The SMILES string of the molecule is CCC(C)C(=O)OC1C(O)C(C)OC(Oc2cc(O)c3c(=O)c(O)c(-c4ccc(O)c(O)c4)oc3c2)C1O. The van der Waals surface area contributed by atoms with Crippen LogP contribution in [0.4, 0.5) is 0 Å². The number of fused-ring (bicyclic) bond motifs is 1. The predicted octanol–water partition coefficient (Wildman–Crippen LogP) is 2.09. The highest BCUT2D eigenvalue weighted by Crippen LogP contribution is 2.38. The zero-order valence-electron chi connectivity index (χ0n) is 20.7. The molecule has 2 aromatic carbocycles. The largest absolute Gasteiger partial charge is 0.507 e. The molecule has 38 heavy (non-hydrogen) atoms. The van der Waals surface area contributed by atoms with Gasteiger partial charge < -0.3 is 49.3 Å². The highest BCUT2D eigenvalue weighted by atomic mass is 16.7. The van der Waals surface area contributed by atoms with Crippen molar-refractivity contribution in [3.8, 4) is 40.1 Å². The van der Waals surface area contributed by atoms with Crippen LogP contribution in [0.1, 0.15) is 27.2 Å². The number of phenols is 3. The van der Waals surface area contributed by atoms with Crippen molar-refractivity contribution in [3.05, 3.63) is 40.6 Å². The maximum atomic E-state index is 12.8. The Balaban J connectivity index is 1.69. The molecule has 0 spiro atoms. The molecule has 1 aliphatic heterocycles. The number of hydrogen-bond acceptors (Lipinski definition) is 12. The Morgan fingerprint density at radius 1 is 1.03 bits per heavy atom. The summed E-state index contributed by atoms with van der Waals surface area (Å²) in [7, 11) is 0. The van der Waals surface area contributed by atoms with Crippen LogP contribution in [-0.2, 0) is 14.3 Å². The third-order valence-corrected chi connectivity index (χ3v) is 6.46. The number of hydrogen-bond donors (Lipinski definition) is 6. The lowest BCUT2D eigenvalue weighted by Crippen LogP contribution is -2.59. The summed E-state index contributed by atoms with van der Waals surface area (Å²) in [4.78, 5) is 25.1. The molecule has 2 heterocycles. The van der Waals surface area contributed by atoms with Crippen molar-refractivity contribution in [1.29, 1.82) is 0 Å². The number of esters is 1. The van der Waals surface area contributed by atoms with Crippen LogP contribution in [0.2, 0.25) is 0 Å². The summed E-state index contributed by atoms with van der Waals surface area (Å²) in [6.07, 6.45) is -6.18. The van der Waals surface area contributed by atoms with E-state index in [1.54, 1.807) is 13.8 Å². The van der Waals surface area contributed by atoms with Gasteiger partial charge in [-0.15, -0.1) is 0 Å². The van der Waals surface area contributed by atoms with Crippen LogP contribution < -0.4 is 10.2 Å². The van der Waals surface area contributed by atoms with Gasteiger partial charge in [0, 0.05) is 17.7 Å². The van der Waals surface area contributed by atoms with Gasteiger partial charge >= 0.3 is 5.97 Å². The molecule has 1 aromatic heterocycles. The average molecular weight is 532 g/mol. The van der Waals surface area contributed by atoms with Crippen molar-refractivity contribution >= 4 is 16.9 Å². The van der Waals surface area contributed by atoms with E-state index in [0.29, 0.717) is 6.42 Å². The molecule has 12 heteroatoms. The predicted molar refractivity (Wildman–Crippen MR) is 131 cm³/mol. The van der Waals surface area contributed by atoms with Crippen molar-refractivity contribution in [2.24, 2.45) is 5.92 Å². The van der Waals surface area contributed by atoms with Gasteiger partial charge in [-0.2, -0.15) is 0 Å². The second-order valence-electron chi connectivity index (χ2n) is 9.15. The Hall–Kier alpha value is -4.00. The van der Waals surface area contributed by atoms with Crippen LogP contribution in [0.25, 0.3) is 22.3 Å². The smallest absolute Gasteiger partial charge is 0.309 e. The minimum absolute atomic E-state index is 0.0578. The van der Waals surface area contributed by atoms with E-state index in [1.165, 1.54) is 19.1 Å². The number of aliphatic hydroxyl groups is 2. The molecule has 3 aromatic rings. The highest BCUT2D eigenvalue weighted by Gasteiger charge is 2.47. The monoisotopic (exact) mass is 532 g/mol. The molecule has 6 unspecified atom stereocenters. The molecule has 204 valence electrons. The van der Waals surface area contributed by atoms with Crippen molar-refractivity contribution < 1.29 is 54.1 Å². The minimum atomic E-state index is -1.62. The lowest BCUT2D eigenvalue weighted by Gasteiger charge is -2.40. The number of carbonyl (C=O) groups excluding carboxylic acids is 1. The van der Waals surface area contributed by atoms with E-state index in [1.807, 2.05) is 0 Å². The van der Waals surface area contributed by atoms with Crippen molar-refractivity contribution in [2.75, 3.05) is 0 Å². The quantitative estimate of drug-likeness (QED) is 0.200. The zero-order valence-corrected chi connectivity index (χ0v) is 20.7. The first kappa shape index (κ1) is 27.0. The summed E-state index contributed by atoms with van der Waals surface area (Å²) >= 11 is 0. The van der Waals surface area contributed by atoms with Gasteiger partial charge in [-0.1, -0.05) is 13.8 Å². The number of benzene rings is 2. The second-order valence-corrected chi connectivity index (χ2v) is 9.15. The third kappa shape index (κ3) is 4.93. The van der Waals surface area contributed by atoms with Gasteiger partial charge in [0.15, 0.2) is 29.5 Å². The lowest BCUT2D eigenvalue weighted by molar-refractivity contribution is -0.273. The first-order chi connectivity index (χ1) is 17.9. The van der Waals surface area contributed by atoms with Crippen LogP contribution in [0.5, 0.6) is 28.7 Å². The Kier molecular flexibility index (Phi) is 7.40. The van der Waals surface area contributed by atoms with Crippen molar-refractivity contribution in [3.63, 3.8) is 0 Å². The molecular weight excluding hydrogens is 504 g/mol. The third-order valence-electron chi connectivity index (χ3n) is 6.46. The molecule has 1 fully saturated rings. The first-order valence-corrected chi connectivity index (χ1v) is 11.9. The fourth-order valence-corrected chi connectivity index (χ4v) is 3.98. The van der Waals surface area contributed by atoms with Gasteiger partial charge in [-0.3, -0.25) is 9.59 Å². The van der Waals surface area contributed by atoms with Crippen molar-refractivity contribution in [2.45, 2.75) is 57.9 Å². The summed E-state index contributed by atoms with van der Waals surface area (Å²) < 4.78 is 22.2. The molecule has 0 radical (unpaired) electrons. The molecule has 0 saturated carbocycles. The number of aromatic hydroxyl groups is 4. The molecule has 1 aliphatic rings. The summed E-state index contributed by atoms with van der Waals surface area (Å²) in [5.41, 5.74) is -1.13. The molecule has 0 bridgehead atoms. The summed E-state index contributed by atoms with van der Waals surface area (Å²) in [6.45, 7) is 4.93. The fourth-order valence-electron chi connectivity index (χ4n) is 3.98. The van der Waals surface area contributed by atoms with Crippen molar-refractivity contribution in [1.82, 2.24) is 0 Å². The van der Waals surface area contributed by atoms with E-state index in [-0.39, 0.29) is 28.0 Å². The molecule has 6 atom stereocenters. The average Bonchev–Trinajstić information content (AvgIpc) is 2.88. The maximum Gasteiger partial charge on any atom is 0.309 e. The molecular formula is C26H28O12. The Morgan fingerprint density at radius 3 is 2.39 bits per heavy atom. The van der Waals surface area contributed by atoms with Crippen LogP contribution in [0, 0.1) is 5.92 Å². The normalized spacial score (nSPS) is 24.2. The van der Waals surface area contributed by atoms with Crippen LogP contribution in [0.15, 0.2) is 39.5 Å². The molecule has 12 nitrogen and oxygen atoms in total. The lowest BCUT2D eigenvalue weighted by atomic mass is 9.99. The molecule has 4 rings (SSSR count). The molecule has 1 saturated heterocycles. The van der Waals surface area contributed by atoms with Crippen LogP contribution >= 0.6 is 0 Å². The second kappa shape index (κ2) is 10.4. The van der Waals surface area contributed by atoms with Gasteiger partial charge in [0.1, 0.15) is 28.6 Å². The molecule has 0 amide bonds. The van der Waals surface area contributed by atoms with Gasteiger partial charge in [0.25, 0.3) is 0 Å². The van der Waals surface area contributed by atoms with E-state index in [4.69, 9.17) is 18.6 Å². The maximum absolute atomic E-state index is 12.8. The number of phenolic OH excluding ortho intramolecular Hbond substituents is 3. The van der Waals surface area contributed by atoms with E-state index in [9.17, 15) is 40.2 Å². The van der Waals surface area contributed by atoms with Gasteiger partial charge in [-0.25, -0.2) is 0 Å². The topological polar surface area (TPSA) is 196 Å². The van der Waals surface area contributed by atoms with E-state index < -0.39 is 71.0 Å². The van der Waals surface area contributed by atoms with Gasteiger partial charge in [0.05, 0.1) is 12.0 Å². The molecule has 6 N–H and O–H groups in total. The summed E-state index contributed by atoms with van der Waals surface area (Å²) in [5, 5.41) is 61.1. The Labute approximate surface area is 215 Å². The summed E-state index contributed by atoms with van der Waals surface area (Å²) in [5.74, 6) is -3.95. The van der Waals surface area contributed by atoms with Crippen LogP contribution in [0.3, 0.4) is 0 Å². The number of aliphatic hydroxyl groups excluding tert-OH is 2. The van der Waals surface area contributed by atoms with E-state index >= 15 is 0 Å². The number of ether oxygens (including phenoxy) is 3. The fraction of sp³-hybridized carbons (Fsp3) is 0.385. The minimum Gasteiger partial charge on any atom is -0.507 e. The number of rotatable bonds is 6. The first-order valence-electron chi connectivity index (χ1n) is 11.9. The Morgan fingerprint density at radius 2 is 1.74 bits per heavy atom. The van der Waals surface area contributed by atoms with E-state index in [0.717, 1.165) is 18.2 Å². The van der Waals surface area contributed by atoms with Gasteiger partial charge in [0.2, 0.25) is 17.5 Å². The standard InChI is InChI=1S/C26H28O12/c1-4-10(2)25(34)38-24-19(30)11(3)35-26(22(24)33)36-13-8-16(29)18-17(9-13)37-23(21(32)20(18)31)12-5-6-14(27)15(28)7-12/h5-11,19,22,24,26-30,32-33H,4H2,1-3H3. The zero-order chi connectivity index (χ0) is 27.9. The Bertz CT molecular complexity index is 1410.